The summed E-state index contributed by atoms with van der Waals surface area (Å²) in [5, 5.41) is 3.43. The van der Waals surface area contributed by atoms with Crippen LogP contribution in [0.25, 0.3) is 0 Å². The smallest absolute Gasteiger partial charge is 0.217 e. The van der Waals surface area contributed by atoms with Crippen molar-refractivity contribution in [1.82, 2.24) is 10.2 Å². The number of rotatable bonds is 7. The van der Waals surface area contributed by atoms with Crippen LogP contribution >= 0.6 is 24.0 Å². The molecule has 1 aliphatic rings. The molecule has 1 heterocycles. The van der Waals surface area contributed by atoms with Crippen molar-refractivity contribution in [3.05, 3.63) is 35.9 Å². The highest BCUT2D eigenvalue weighted by molar-refractivity contribution is 14.0. The number of guanidine groups is 1. The van der Waals surface area contributed by atoms with E-state index >= 15 is 0 Å². The number of piperidine rings is 1. The summed E-state index contributed by atoms with van der Waals surface area (Å²) in [6, 6.07) is 10.6. The summed E-state index contributed by atoms with van der Waals surface area (Å²) in [4.78, 5) is 18.5. The van der Waals surface area contributed by atoms with Crippen molar-refractivity contribution in [3.63, 3.8) is 0 Å². The van der Waals surface area contributed by atoms with Gasteiger partial charge in [0, 0.05) is 38.5 Å². The zero-order valence-corrected chi connectivity index (χ0v) is 19.2. The van der Waals surface area contributed by atoms with E-state index in [1.807, 2.05) is 0 Å². The minimum atomic E-state index is -0.206. The molecular formula is C21H35IN4O. The largest absolute Gasteiger partial charge is 0.370 e. The fourth-order valence-corrected chi connectivity index (χ4v) is 3.72. The van der Waals surface area contributed by atoms with Crippen LogP contribution in [-0.2, 0) is 4.79 Å². The Kier molecular flexibility index (Phi) is 10.7. The molecule has 2 atom stereocenters. The molecule has 1 saturated heterocycles. The molecule has 27 heavy (non-hydrogen) atoms. The molecule has 2 unspecified atom stereocenters. The van der Waals surface area contributed by atoms with Gasteiger partial charge in [-0.05, 0) is 37.2 Å². The summed E-state index contributed by atoms with van der Waals surface area (Å²) in [7, 11) is 0. The normalized spacial score (nSPS) is 18.7. The van der Waals surface area contributed by atoms with E-state index in [0.717, 1.165) is 45.0 Å². The number of halogens is 1. The quantitative estimate of drug-likeness (QED) is 0.352. The van der Waals surface area contributed by atoms with Gasteiger partial charge in [0.25, 0.3) is 0 Å². The van der Waals surface area contributed by atoms with Gasteiger partial charge in [0.05, 0.1) is 0 Å². The number of nitrogens with two attached hydrogens (primary N) is 1. The molecule has 6 heteroatoms. The van der Waals surface area contributed by atoms with Crippen molar-refractivity contribution >= 4 is 35.8 Å². The lowest BCUT2D eigenvalue weighted by Crippen LogP contribution is -2.47. The molecule has 1 aromatic carbocycles. The van der Waals surface area contributed by atoms with Gasteiger partial charge in [0.2, 0.25) is 5.91 Å². The first kappa shape index (κ1) is 23.7. The van der Waals surface area contributed by atoms with Gasteiger partial charge >= 0.3 is 0 Å². The van der Waals surface area contributed by atoms with Crippen LogP contribution in [0.3, 0.4) is 0 Å². The maximum Gasteiger partial charge on any atom is 0.217 e. The molecular weight excluding hydrogens is 451 g/mol. The molecule has 0 spiro atoms. The topological polar surface area (TPSA) is 70.7 Å². The van der Waals surface area contributed by atoms with Gasteiger partial charge < -0.3 is 16.0 Å². The van der Waals surface area contributed by atoms with Crippen LogP contribution in [0.5, 0.6) is 0 Å². The molecule has 1 amide bonds. The number of nitrogens with one attached hydrogen (secondary N) is 1. The fraction of sp³-hybridized carbons (Fsp3) is 0.619. The van der Waals surface area contributed by atoms with Crippen molar-refractivity contribution in [2.75, 3.05) is 26.2 Å². The summed E-state index contributed by atoms with van der Waals surface area (Å²) < 4.78 is 0. The fourth-order valence-electron chi connectivity index (χ4n) is 3.72. The van der Waals surface area contributed by atoms with Crippen molar-refractivity contribution in [2.45, 2.75) is 46.0 Å². The Morgan fingerprint density at radius 2 is 2.04 bits per heavy atom. The zero-order chi connectivity index (χ0) is 18.9. The Morgan fingerprint density at radius 3 is 2.63 bits per heavy atom. The van der Waals surface area contributed by atoms with Gasteiger partial charge in [0.15, 0.2) is 5.96 Å². The molecule has 5 nitrogen and oxygen atoms in total. The van der Waals surface area contributed by atoms with Crippen LogP contribution in [0, 0.1) is 11.8 Å². The van der Waals surface area contributed by atoms with Gasteiger partial charge in [-0.25, -0.2) is 0 Å². The van der Waals surface area contributed by atoms with E-state index in [-0.39, 0.29) is 29.9 Å². The van der Waals surface area contributed by atoms with Crippen LogP contribution in [0.2, 0.25) is 0 Å². The summed E-state index contributed by atoms with van der Waals surface area (Å²) in [5.41, 5.74) is 6.74. The summed E-state index contributed by atoms with van der Waals surface area (Å²) in [5.74, 6) is 2.01. The van der Waals surface area contributed by atoms with Crippen molar-refractivity contribution in [1.29, 1.82) is 0 Å². The van der Waals surface area contributed by atoms with E-state index < -0.39 is 0 Å². The number of amides is 1. The highest BCUT2D eigenvalue weighted by Crippen LogP contribution is 2.25. The summed E-state index contributed by atoms with van der Waals surface area (Å²) in [6.07, 6.45) is 2.61. The van der Waals surface area contributed by atoms with Crippen LogP contribution in [0.15, 0.2) is 35.3 Å². The van der Waals surface area contributed by atoms with Crippen LogP contribution in [0.4, 0.5) is 0 Å². The number of carbonyl (C=O) groups is 1. The lowest BCUT2D eigenvalue weighted by atomic mass is 9.88. The standard InChI is InChI=1S/C21H34N4O.HI/c1-4-23-21(25-12-8-9-17(15-25)13-20(22)26)24-14-19(16(2)3)18-10-6-5-7-11-18;/h5-7,10-11,16-17,19H,4,8-9,12-15H2,1-3H3,(H2,22,26)(H,23,24);1H. The second-order valence-corrected chi connectivity index (χ2v) is 7.58. The first-order valence-corrected chi connectivity index (χ1v) is 9.87. The molecule has 1 aliphatic heterocycles. The third kappa shape index (κ3) is 7.68. The monoisotopic (exact) mass is 486 g/mol. The Labute approximate surface area is 181 Å². The molecule has 152 valence electrons. The minimum absolute atomic E-state index is 0. The summed E-state index contributed by atoms with van der Waals surface area (Å²) >= 11 is 0. The first-order valence-electron chi connectivity index (χ1n) is 9.87. The van der Waals surface area contributed by atoms with Gasteiger partial charge in [-0.15, -0.1) is 24.0 Å². The molecule has 2 rings (SSSR count). The van der Waals surface area contributed by atoms with Crippen LogP contribution in [-0.4, -0.2) is 42.9 Å². The number of hydrogen-bond acceptors (Lipinski definition) is 2. The average molecular weight is 486 g/mol. The Bertz CT molecular complexity index is 591. The Morgan fingerprint density at radius 1 is 1.33 bits per heavy atom. The predicted octanol–water partition coefficient (Wildman–Crippen LogP) is 3.60. The van der Waals surface area contributed by atoms with E-state index in [1.165, 1.54) is 5.56 Å². The van der Waals surface area contributed by atoms with Crippen molar-refractivity contribution in [3.8, 4) is 0 Å². The number of carbonyl (C=O) groups excluding carboxylic acids is 1. The van der Waals surface area contributed by atoms with Gasteiger partial charge in [-0.1, -0.05) is 44.2 Å². The maximum atomic E-state index is 11.3. The van der Waals surface area contributed by atoms with E-state index in [0.29, 0.717) is 24.2 Å². The van der Waals surface area contributed by atoms with E-state index in [1.54, 1.807) is 0 Å². The predicted molar refractivity (Wildman–Crippen MR) is 124 cm³/mol. The molecule has 3 N–H and O–H groups in total. The number of hydrogen-bond donors (Lipinski definition) is 2. The molecule has 0 aromatic heterocycles. The molecule has 0 aliphatic carbocycles. The Balaban J connectivity index is 0.00000364. The van der Waals surface area contributed by atoms with Crippen LogP contribution < -0.4 is 11.1 Å². The van der Waals surface area contributed by atoms with E-state index in [4.69, 9.17) is 10.7 Å². The van der Waals surface area contributed by atoms with Gasteiger partial charge in [-0.2, -0.15) is 0 Å². The molecule has 0 saturated carbocycles. The highest BCUT2D eigenvalue weighted by Gasteiger charge is 2.24. The molecule has 1 fully saturated rings. The minimum Gasteiger partial charge on any atom is -0.370 e. The van der Waals surface area contributed by atoms with Crippen molar-refractivity contribution < 1.29 is 4.79 Å². The van der Waals surface area contributed by atoms with E-state index in [2.05, 4.69) is 61.3 Å². The average Bonchev–Trinajstić information content (AvgIpc) is 2.61. The number of benzene rings is 1. The SMILES string of the molecule is CCNC(=NCC(c1ccccc1)C(C)C)N1CCCC(CC(N)=O)C1.I. The van der Waals surface area contributed by atoms with Gasteiger partial charge in [-0.3, -0.25) is 9.79 Å². The Hall–Kier alpha value is -1.31. The lowest BCUT2D eigenvalue weighted by molar-refractivity contribution is -0.119. The molecule has 0 bridgehead atoms. The number of aliphatic imine (C=N–C) groups is 1. The third-order valence-corrected chi connectivity index (χ3v) is 5.11. The highest BCUT2D eigenvalue weighted by atomic mass is 127. The van der Waals surface area contributed by atoms with Crippen LogP contribution in [0.1, 0.15) is 51.5 Å². The second kappa shape index (κ2) is 12.2. The zero-order valence-electron chi connectivity index (χ0n) is 16.9. The summed E-state index contributed by atoms with van der Waals surface area (Å²) in [6.45, 7) is 10.0. The van der Waals surface area contributed by atoms with Crippen molar-refractivity contribution in [2.24, 2.45) is 22.6 Å². The number of nitrogens with zero attached hydrogens (tertiary/aromatic N) is 2. The van der Waals surface area contributed by atoms with E-state index in [9.17, 15) is 4.79 Å². The maximum absolute atomic E-state index is 11.3. The molecule has 0 radical (unpaired) electrons. The first-order chi connectivity index (χ1) is 12.5. The number of likely N-dealkylation sites (tertiary alicyclic amines) is 1. The second-order valence-electron chi connectivity index (χ2n) is 7.58. The number of primary amides is 1. The van der Waals surface area contributed by atoms with Gasteiger partial charge in [0.1, 0.15) is 0 Å². The third-order valence-electron chi connectivity index (χ3n) is 5.11. The molecule has 1 aromatic rings. The lowest BCUT2D eigenvalue weighted by Gasteiger charge is -2.35.